The zero-order chi connectivity index (χ0) is 28.6. The van der Waals surface area contributed by atoms with Crippen LogP contribution in [0.25, 0.3) is 0 Å². The molecule has 4 aromatic rings. The molecule has 40 heavy (non-hydrogen) atoms. The second-order valence-electron chi connectivity index (χ2n) is 9.15. The summed E-state index contributed by atoms with van der Waals surface area (Å²) in [5, 5.41) is 3.78. The van der Waals surface area contributed by atoms with Crippen molar-refractivity contribution in [1.29, 1.82) is 0 Å². The number of hydrogen-bond donors (Lipinski definition) is 1. The Kier molecular flexibility index (Phi) is 9.66. The first-order chi connectivity index (χ1) is 19.2. The van der Waals surface area contributed by atoms with Crippen LogP contribution in [0.4, 0.5) is 13.2 Å². The molecular weight excluding hydrogens is 583 g/mol. The van der Waals surface area contributed by atoms with Crippen molar-refractivity contribution in [3.63, 3.8) is 0 Å². The fourth-order valence-electron chi connectivity index (χ4n) is 4.73. The third-order valence-corrected chi connectivity index (χ3v) is 7.06. The van der Waals surface area contributed by atoms with Gasteiger partial charge in [-0.05, 0) is 57.2 Å². The molecule has 0 aliphatic rings. The molecule has 0 aliphatic heterocycles. The van der Waals surface area contributed by atoms with Crippen LogP contribution < -0.4 is 10.1 Å². The van der Waals surface area contributed by atoms with Crippen LogP contribution in [0.15, 0.2) is 114 Å². The summed E-state index contributed by atoms with van der Waals surface area (Å²) in [6.45, 7) is 0.557. The fourth-order valence-corrected chi connectivity index (χ4v) is 5.24. The molecule has 4 rings (SSSR count). The molecule has 0 spiro atoms. The Labute approximate surface area is 240 Å². The average Bonchev–Trinajstić information content (AvgIpc) is 2.96. The predicted octanol–water partition coefficient (Wildman–Crippen LogP) is 7.97. The summed E-state index contributed by atoms with van der Waals surface area (Å²) in [5.41, 5.74) is 2.63. The molecule has 0 fully saturated rings. The first-order valence-corrected chi connectivity index (χ1v) is 13.6. The Morgan fingerprint density at radius 3 is 1.75 bits per heavy atom. The number of alkyl halides is 3. The van der Waals surface area contributed by atoms with E-state index in [9.17, 15) is 18.0 Å². The number of carbonyl (C=O) groups is 1. The van der Waals surface area contributed by atoms with Crippen LogP contribution in [0.3, 0.4) is 0 Å². The van der Waals surface area contributed by atoms with Crippen LogP contribution in [-0.2, 0) is 15.1 Å². The van der Waals surface area contributed by atoms with Gasteiger partial charge in [-0.15, -0.1) is 0 Å². The van der Waals surface area contributed by atoms with Crippen molar-refractivity contribution in [3.05, 3.63) is 136 Å². The molecule has 4 nitrogen and oxygen atoms in total. The quantitative estimate of drug-likeness (QED) is 0.138. The van der Waals surface area contributed by atoms with Crippen molar-refractivity contribution in [3.8, 4) is 5.75 Å². The van der Waals surface area contributed by atoms with Gasteiger partial charge in [-0.1, -0.05) is 97.1 Å². The highest BCUT2D eigenvalue weighted by molar-refractivity contribution is 9.10. The molecule has 1 unspecified atom stereocenters. The van der Waals surface area contributed by atoms with E-state index in [2.05, 4.69) is 21.2 Å². The molecule has 4 aromatic carbocycles. The number of esters is 1. The van der Waals surface area contributed by atoms with Gasteiger partial charge in [0.1, 0.15) is 5.75 Å². The summed E-state index contributed by atoms with van der Waals surface area (Å²) >= 11 is 3.36. The van der Waals surface area contributed by atoms with Gasteiger partial charge >= 0.3 is 12.1 Å². The number of nitrogens with one attached hydrogen (secondary N) is 1. The first kappa shape index (κ1) is 29.4. The second-order valence-corrected chi connectivity index (χ2v) is 10.0. The Morgan fingerprint density at radius 1 is 0.825 bits per heavy atom. The van der Waals surface area contributed by atoms with E-state index in [1.54, 1.807) is 19.1 Å². The molecule has 0 saturated heterocycles. The predicted molar refractivity (Wildman–Crippen MR) is 152 cm³/mol. The molecule has 1 atom stereocenters. The Balaban J connectivity index is 1.86. The third-order valence-electron chi connectivity index (χ3n) is 6.44. The van der Waals surface area contributed by atoms with E-state index >= 15 is 0 Å². The number of carbonyl (C=O) groups excluding carboxylic acids is 1. The summed E-state index contributed by atoms with van der Waals surface area (Å²) in [6, 6.07) is 34.0. The number of ether oxygens (including phenoxy) is 2. The minimum absolute atomic E-state index is 0.0166. The van der Waals surface area contributed by atoms with Gasteiger partial charge in [0.15, 0.2) is 6.61 Å². The van der Waals surface area contributed by atoms with E-state index in [-0.39, 0.29) is 18.8 Å². The highest BCUT2D eigenvalue weighted by atomic mass is 79.9. The molecule has 0 heterocycles. The number of rotatable bonds is 11. The van der Waals surface area contributed by atoms with Crippen molar-refractivity contribution < 1.29 is 27.4 Å². The van der Waals surface area contributed by atoms with Gasteiger partial charge in [0, 0.05) is 6.04 Å². The molecular formula is C32H29BrF3NO3. The summed E-state index contributed by atoms with van der Waals surface area (Å²) in [7, 11) is 0. The molecule has 208 valence electrons. The Bertz CT molecular complexity index is 1290. The summed E-state index contributed by atoms with van der Waals surface area (Å²) in [5.74, 6) is -0.354. The van der Waals surface area contributed by atoms with Crippen molar-refractivity contribution in [1.82, 2.24) is 5.32 Å². The minimum atomic E-state index is -4.47. The van der Waals surface area contributed by atoms with Gasteiger partial charge < -0.3 is 9.47 Å². The molecule has 0 radical (unpaired) electrons. The van der Waals surface area contributed by atoms with Crippen molar-refractivity contribution in [2.24, 2.45) is 0 Å². The molecule has 0 aromatic heterocycles. The van der Waals surface area contributed by atoms with E-state index < -0.39 is 30.3 Å². The normalized spacial score (nSPS) is 12.5. The minimum Gasteiger partial charge on any atom is -0.483 e. The lowest BCUT2D eigenvalue weighted by Gasteiger charge is -2.40. The number of halogens is 4. The van der Waals surface area contributed by atoms with E-state index in [0.29, 0.717) is 10.0 Å². The van der Waals surface area contributed by atoms with Gasteiger partial charge in [0.05, 0.1) is 23.0 Å². The number of benzene rings is 4. The second kappa shape index (κ2) is 13.2. The van der Waals surface area contributed by atoms with Gasteiger partial charge in [-0.3, -0.25) is 10.1 Å². The monoisotopic (exact) mass is 611 g/mol. The Morgan fingerprint density at radius 2 is 1.32 bits per heavy atom. The first-order valence-electron chi connectivity index (χ1n) is 12.8. The molecule has 8 heteroatoms. The lowest BCUT2D eigenvalue weighted by molar-refractivity contribution is -0.153. The zero-order valence-corrected chi connectivity index (χ0v) is 23.4. The molecule has 0 aliphatic carbocycles. The standard InChI is InChI=1S/C32H29BrF3NO3/c1-2-39-30(38)21-28(23-18-19-29(27(33)20-23)40-22-31(34,35)36)37-32(24-12-6-3-7-13-24,25-14-8-4-9-15-25)26-16-10-5-11-17-26/h3-20,28,37H,2,21-22H2,1H3. The maximum absolute atomic E-state index is 12.9. The largest absolute Gasteiger partial charge is 0.483 e. The van der Waals surface area contributed by atoms with Crippen LogP contribution >= 0.6 is 15.9 Å². The van der Waals surface area contributed by atoms with E-state index in [4.69, 9.17) is 9.47 Å². The highest BCUT2D eigenvalue weighted by Gasteiger charge is 2.39. The lowest BCUT2D eigenvalue weighted by atomic mass is 9.76. The molecule has 0 amide bonds. The summed E-state index contributed by atoms with van der Waals surface area (Å²) in [4.78, 5) is 12.9. The number of hydrogen-bond acceptors (Lipinski definition) is 4. The van der Waals surface area contributed by atoms with Crippen LogP contribution in [0.5, 0.6) is 5.75 Å². The van der Waals surface area contributed by atoms with Gasteiger partial charge in [-0.2, -0.15) is 13.2 Å². The van der Waals surface area contributed by atoms with E-state index in [1.807, 2.05) is 91.0 Å². The zero-order valence-electron chi connectivity index (χ0n) is 21.8. The maximum Gasteiger partial charge on any atom is 0.422 e. The topological polar surface area (TPSA) is 47.6 Å². The van der Waals surface area contributed by atoms with Crippen LogP contribution in [0, 0.1) is 0 Å². The fraction of sp³-hybridized carbons (Fsp3) is 0.219. The highest BCUT2D eigenvalue weighted by Crippen LogP contribution is 2.40. The maximum atomic E-state index is 12.9. The summed E-state index contributed by atoms with van der Waals surface area (Å²) in [6.07, 6.45) is -4.48. The van der Waals surface area contributed by atoms with E-state index in [0.717, 1.165) is 16.7 Å². The van der Waals surface area contributed by atoms with Crippen molar-refractivity contribution >= 4 is 21.9 Å². The Hall–Kier alpha value is -3.62. The third kappa shape index (κ3) is 7.11. The van der Waals surface area contributed by atoms with Crippen LogP contribution in [0.2, 0.25) is 0 Å². The van der Waals surface area contributed by atoms with Crippen molar-refractivity contribution in [2.45, 2.75) is 31.1 Å². The molecule has 0 saturated carbocycles. The van der Waals surface area contributed by atoms with Crippen LogP contribution in [-0.4, -0.2) is 25.4 Å². The lowest BCUT2D eigenvalue weighted by Crippen LogP contribution is -2.47. The van der Waals surface area contributed by atoms with Crippen molar-refractivity contribution in [2.75, 3.05) is 13.2 Å². The molecule has 1 N–H and O–H groups in total. The van der Waals surface area contributed by atoms with Gasteiger partial charge in [0.2, 0.25) is 0 Å². The molecule has 0 bridgehead atoms. The van der Waals surface area contributed by atoms with Gasteiger partial charge in [0.25, 0.3) is 0 Å². The average molecular weight is 612 g/mol. The smallest absolute Gasteiger partial charge is 0.422 e. The van der Waals surface area contributed by atoms with E-state index in [1.165, 1.54) is 6.07 Å². The summed E-state index contributed by atoms with van der Waals surface area (Å²) < 4.78 is 48.9. The SMILES string of the molecule is CCOC(=O)CC(NC(c1ccccc1)(c1ccccc1)c1ccccc1)c1ccc(OCC(F)(F)F)c(Br)c1. The van der Waals surface area contributed by atoms with Crippen LogP contribution in [0.1, 0.15) is 41.6 Å². The van der Waals surface area contributed by atoms with Gasteiger partial charge in [-0.25, -0.2) is 0 Å².